The van der Waals surface area contributed by atoms with E-state index in [1.165, 1.54) is 0 Å². The molecule has 166 valence electrons. The van der Waals surface area contributed by atoms with Gasteiger partial charge in [-0.05, 0) is 72.4 Å². The smallest absolute Gasteiger partial charge is 0.287 e. The van der Waals surface area contributed by atoms with Gasteiger partial charge in [-0.15, -0.1) is 0 Å². The molecule has 2 aromatic rings. The first-order chi connectivity index (χ1) is 14.6. The van der Waals surface area contributed by atoms with E-state index in [-0.39, 0.29) is 23.0 Å². The van der Waals surface area contributed by atoms with Gasteiger partial charge in [-0.3, -0.25) is 10.2 Å². The van der Waals surface area contributed by atoms with Crippen LogP contribution in [0.1, 0.15) is 80.8 Å². The highest BCUT2D eigenvalue weighted by molar-refractivity contribution is 6.06. The van der Waals surface area contributed by atoms with E-state index in [0.717, 1.165) is 60.4 Å². The zero-order valence-electron chi connectivity index (χ0n) is 19.3. The number of nitrogens with one attached hydrogen (secondary N) is 3. The fraction of sp³-hybridized carbons (Fsp3) is 0.520. The van der Waals surface area contributed by atoms with Crippen molar-refractivity contribution < 1.29 is 9.21 Å². The second kappa shape index (κ2) is 8.15. The van der Waals surface area contributed by atoms with Crippen LogP contribution >= 0.6 is 0 Å². The molecule has 0 saturated carbocycles. The maximum atomic E-state index is 13.2. The van der Waals surface area contributed by atoms with Crippen LogP contribution in [-0.2, 0) is 6.42 Å². The standard InChI is InChI=1S/C25H34N4O2/c1-16-21-19(28-27-17-10-7-6-8-11-17)12-9-13-20(21)31-22(16)23(30)26-18-14-24(2,3)29-25(4,5)15-18/h6-8,10-11,18,27,29H,9,12-15H2,1-5H3,(H,26,30)/b28-19+. The zero-order chi connectivity index (χ0) is 22.2. The molecule has 2 heterocycles. The normalized spacial score (nSPS) is 21.5. The summed E-state index contributed by atoms with van der Waals surface area (Å²) in [6, 6.07) is 10.0. The molecular weight excluding hydrogens is 388 g/mol. The average Bonchev–Trinajstić information content (AvgIpc) is 3.02. The number of piperidine rings is 1. The molecule has 1 fully saturated rings. The third-order valence-corrected chi connectivity index (χ3v) is 6.15. The van der Waals surface area contributed by atoms with Gasteiger partial charge in [0.25, 0.3) is 5.91 Å². The third kappa shape index (κ3) is 4.85. The van der Waals surface area contributed by atoms with Crippen LogP contribution in [0, 0.1) is 6.92 Å². The van der Waals surface area contributed by atoms with Crippen molar-refractivity contribution >= 4 is 17.3 Å². The van der Waals surface area contributed by atoms with Gasteiger partial charge in [0, 0.05) is 34.7 Å². The Bertz CT molecular complexity index is 972. The van der Waals surface area contributed by atoms with Gasteiger partial charge in [-0.1, -0.05) is 18.2 Å². The van der Waals surface area contributed by atoms with Crippen LogP contribution < -0.4 is 16.1 Å². The molecule has 6 heteroatoms. The lowest BCUT2D eigenvalue weighted by Crippen LogP contribution is -2.62. The Morgan fingerprint density at radius 2 is 1.77 bits per heavy atom. The lowest BCUT2D eigenvalue weighted by molar-refractivity contribution is 0.0843. The molecular formula is C25H34N4O2. The largest absolute Gasteiger partial charge is 0.455 e. The Labute approximate surface area is 184 Å². The van der Waals surface area contributed by atoms with E-state index in [4.69, 9.17) is 4.42 Å². The third-order valence-electron chi connectivity index (χ3n) is 6.15. The highest BCUT2D eigenvalue weighted by Gasteiger charge is 2.39. The number of hydrazone groups is 1. The molecule has 1 aliphatic carbocycles. The second-order valence-electron chi connectivity index (χ2n) is 10.2. The maximum absolute atomic E-state index is 13.2. The van der Waals surface area contributed by atoms with E-state index in [9.17, 15) is 4.79 Å². The number of rotatable bonds is 4. The van der Waals surface area contributed by atoms with Crippen molar-refractivity contribution in [2.75, 3.05) is 5.43 Å². The summed E-state index contributed by atoms with van der Waals surface area (Å²) in [5.41, 5.74) is 6.86. The van der Waals surface area contributed by atoms with Crippen LogP contribution in [-0.4, -0.2) is 28.7 Å². The minimum Gasteiger partial charge on any atom is -0.455 e. The first kappa shape index (κ1) is 21.6. The van der Waals surface area contributed by atoms with Crippen molar-refractivity contribution in [2.45, 2.75) is 83.8 Å². The Morgan fingerprint density at radius 1 is 1.10 bits per heavy atom. The summed E-state index contributed by atoms with van der Waals surface area (Å²) in [4.78, 5) is 13.2. The molecule has 6 nitrogen and oxygen atoms in total. The lowest BCUT2D eigenvalue weighted by Gasteiger charge is -2.46. The molecule has 0 atom stereocenters. The molecule has 2 aliphatic rings. The predicted molar refractivity (Wildman–Crippen MR) is 125 cm³/mol. The van der Waals surface area contributed by atoms with Crippen LogP contribution in [0.25, 0.3) is 0 Å². The van der Waals surface area contributed by atoms with Crippen molar-refractivity contribution in [2.24, 2.45) is 5.10 Å². The molecule has 0 unspecified atom stereocenters. The average molecular weight is 423 g/mol. The van der Waals surface area contributed by atoms with Crippen LogP contribution in [0.2, 0.25) is 0 Å². The number of hydrogen-bond donors (Lipinski definition) is 3. The number of fused-ring (bicyclic) bond motifs is 1. The van der Waals surface area contributed by atoms with Crippen LogP contribution in [0.15, 0.2) is 39.9 Å². The number of benzene rings is 1. The number of furan rings is 1. The first-order valence-corrected chi connectivity index (χ1v) is 11.2. The van der Waals surface area contributed by atoms with Gasteiger partial charge in [0.05, 0.1) is 11.4 Å². The van der Waals surface area contributed by atoms with Gasteiger partial charge >= 0.3 is 0 Å². The van der Waals surface area contributed by atoms with Gasteiger partial charge in [0.1, 0.15) is 5.76 Å². The molecule has 0 spiro atoms. The highest BCUT2D eigenvalue weighted by Crippen LogP contribution is 2.32. The van der Waals surface area contributed by atoms with Crippen LogP contribution in [0.4, 0.5) is 5.69 Å². The number of hydrogen-bond acceptors (Lipinski definition) is 5. The molecule has 0 bridgehead atoms. The van der Waals surface area contributed by atoms with Gasteiger partial charge in [0.15, 0.2) is 5.76 Å². The minimum atomic E-state index is -0.124. The molecule has 1 saturated heterocycles. The number of carbonyl (C=O) groups excluding carboxylic acids is 1. The van der Waals surface area contributed by atoms with Crippen molar-refractivity contribution in [1.82, 2.24) is 10.6 Å². The molecule has 1 aromatic carbocycles. The Morgan fingerprint density at radius 3 is 2.45 bits per heavy atom. The van der Waals surface area contributed by atoms with Gasteiger partial charge in [-0.25, -0.2) is 0 Å². The van der Waals surface area contributed by atoms with Crippen molar-refractivity contribution in [3.63, 3.8) is 0 Å². The van der Waals surface area contributed by atoms with E-state index in [1.807, 2.05) is 37.3 Å². The van der Waals surface area contributed by atoms with Crippen LogP contribution in [0.3, 0.4) is 0 Å². The summed E-state index contributed by atoms with van der Waals surface area (Å²) in [5, 5.41) is 11.6. The number of amides is 1. The zero-order valence-corrected chi connectivity index (χ0v) is 19.3. The molecule has 3 N–H and O–H groups in total. The number of carbonyl (C=O) groups is 1. The fourth-order valence-electron chi connectivity index (χ4n) is 5.32. The summed E-state index contributed by atoms with van der Waals surface area (Å²) in [5.74, 6) is 1.17. The van der Waals surface area contributed by atoms with E-state index in [0.29, 0.717) is 5.76 Å². The summed E-state index contributed by atoms with van der Waals surface area (Å²) in [6.45, 7) is 10.7. The summed E-state index contributed by atoms with van der Waals surface area (Å²) in [7, 11) is 0. The van der Waals surface area contributed by atoms with Gasteiger partial charge in [0.2, 0.25) is 0 Å². The number of aryl methyl sites for hydroxylation is 1. The second-order valence-corrected chi connectivity index (χ2v) is 10.2. The molecule has 1 aliphatic heterocycles. The maximum Gasteiger partial charge on any atom is 0.287 e. The molecule has 1 aromatic heterocycles. The highest BCUT2D eigenvalue weighted by atomic mass is 16.4. The number of anilines is 1. The molecule has 4 rings (SSSR count). The Kier molecular flexibility index (Phi) is 5.69. The molecule has 0 radical (unpaired) electrons. The van der Waals surface area contributed by atoms with Gasteiger partial charge in [-0.2, -0.15) is 5.10 Å². The topological polar surface area (TPSA) is 78.7 Å². The van der Waals surface area contributed by atoms with E-state index < -0.39 is 0 Å². The number of nitrogens with zero attached hydrogens (tertiary/aromatic N) is 1. The summed E-state index contributed by atoms with van der Waals surface area (Å²) < 4.78 is 6.09. The van der Waals surface area contributed by atoms with E-state index in [1.54, 1.807) is 0 Å². The first-order valence-electron chi connectivity index (χ1n) is 11.2. The van der Waals surface area contributed by atoms with Crippen LogP contribution in [0.5, 0.6) is 0 Å². The van der Waals surface area contributed by atoms with Crippen molar-refractivity contribution in [3.05, 3.63) is 53.0 Å². The van der Waals surface area contributed by atoms with E-state index in [2.05, 4.69) is 48.9 Å². The lowest BCUT2D eigenvalue weighted by atomic mass is 9.79. The fourth-order valence-corrected chi connectivity index (χ4v) is 5.32. The quantitative estimate of drug-likeness (QED) is 0.620. The molecule has 1 amide bonds. The predicted octanol–water partition coefficient (Wildman–Crippen LogP) is 4.78. The number of para-hydroxylation sites is 1. The Hall–Kier alpha value is -2.60. The minimum absolute atomic E-state index is 0.0277. The summed E-state index contributed by atoms with van der Waals surface area (Å²) in [6.07, 6.45) is 4.43. The SMILES string of the molecule is Cc1c(C(=O)NC2CC(C)(C)NC(C)(C)C2)oc2c1/C(=N/Nc1ccccc1)CCC2. The summed E-state index contributed by atoms with van der Waals surface area (Å²) >= 11 is 0. The molecule has 31 heavy (non-hydrogen) atoms. The van der Waals surface area contributed by atoms with E-state index >= 15 is 0 Å². The monoisotopic (exact) mass is 422 g/mol. The van der Waals surface area contributed by atoms with Gasteiger partial charge < -0.3 is 15.1 Å². The van der Waals surface area contributed by atoms with Crippen molar-refractivity contribution in [3.8, 4) is 0 Å². The van der Waals surface area contributed by atoms with Crippen molar-refractivity contribution in [1.29, 1.82) is 0 Å². The Balaban J connectivity index is 1.54.